The highest BCUT2D eigenvalue weighted by atomic mass is 16.5. The van der Waals surface area contributed by atoms with E-state index in [9.17, 15) is 0 Å². The van der Waals surface area contributed by atoms with E-state index in [1.807, 2.05) is 35.5 Å². The Balaban J connectivity index is 0.000000775. The Labute approximate surface area is 186 Å². The van der Waals surface area contributed by atoms with Crippen molar-refractivity contribution in [3.63, 3.8) is 0 Å². The molecular weight excluding hydrogens is 406 g/mol. The van der Waals surface area contributed by atoms with E-state index in [0.29, 0.717) is 12.5 Å². The van der Waals surface area contributed by atoms with Crippen LogP contribution in [0.25, 0.3) is 11.4 Å². The first-order chi connectivity index (χ1) is 15.8. The topological polar surface area (TPSA) is 95.1 Å². The number of carboxylic acid groups (broad SMARTS) is 1. The van der Waals surface area contributed by atoms with Crippen LogP contribution in [-0.4, -0.2) is 49.1 Å². The van der Waals surface area contributed by atoms with Gasteiger partial charge in [-0.05, 0) is 41.8 Å². The van der Waals surface area contributed by atoms with Crippen LogP contribution in [0.1, 0.15) is 17.2 Å². The van der Waals surface area contributed by atoms with Gasteiger partial charge in [0.05, 0.1) is 25.8 Å². The highest BCUT2D eigenvalue weighted by Gasteiger charge is 2.31. The van der Waals surface area contributed by atoms with E-state index in [4.69, 9.17) is 14.6 Å². The average Bonchev–Trinajstić information content (AvgIpc) is 3.57. The molecule has 0 spiro atoms. The normalized spacial score (nSPS) is 17.5. The zero-order valence-corrected chi connectivity index (χ0v) is 17.6. The SMILES string of the molecule is O=CO.c1cc(Cn2cccn2)cc(-c2nccn2[C@@H]2COC[C@@H]2Cc2ccncc2)c1. The molecule has 1 N–H and O–H groups in total. The van der Waals surface area contributed by atoms with Crippen LogP contribution in [0.2, 0.25) is 0 Å². The Kier molecular flexibility index (Phi) is 7.04. The number of rotatable bonds is 6. The first kappa shape index (κ1) is 21.5. The third kappa shape index (κ3) is 5.09. The summed E-state index contributed by atoms with van der Waals surface area (Å²) in [5.74, 6) is 1.40. The molecule has 0 unspecified atom stereocenters. The fraction of sp³-hybridized carbons (Fsp3) is 0.250. The lowest BCUT2D eigenvalue weighted by Gasteiger charge is -2.21. The van der Waals surface area contributed by atoms with Crippen molar-refractivity contribution in [1.82, 2.24) is 24.3 Å². The van der Waals surface area contributed by atoms with Crippen LogP contribution in [0, 0.1) is 5.92 Å². The lowest BCUT2D eigenvalue weighted by molar-refractivity contribution is -0.122. The van der Waals surface area contributed by atoms with Gasteiger partial charge in [0.25, 0.3) is 6.47 Å². The van der Waals surface area contributed by atoms with Crippen LogP contribution in [0.15, 0.2) is 79.6 Å². The van der Waals surface area contributed by atoms with Gasteiger partial charge in [0, 0.05) is 48.7 Å². The molecule has 1 fully saturated rings. The molecule has 0 amide bonds. The Morgan fingerprint density at radius 1 is 1.03 bits per heavy atom. The number of aromatic nitrogens is 5. The van der Waals surface area contributed by atoms with Crippen molar-refractivity contribution < 1.29 is 14.6 Å². The molecule has 0 saturated carbocycles. The average molecular weight is 431 g/mol. The largest absolute Gasteiger partial charge is 0.483 e. The first-order valence-electron chi connectivity index (χ1n) is 10.4. The molecule has 3 aromatic heterocycles. The maximum Gasteiger partial charge on any atom is 0.290 e. The third-order valence-corrected chi connectivity index (χ3v) is 5.53. The van der Waals surface area contributed by atoms with Gasteiger partial charge in [0.15, 0.2) is 0 Å². The maximum atomic E-state index is 8.36. The fourth-order valence-electron chi connectivity index (χ4n) is 4.11. The number of pyridine rings is 1. The molecule has 1 aliphatic rings. The molecule has 5 rings (SSSR count). The van der Waals surface area contributed by atoms with Gasteiger partial charge in [-0.25, -0.2) is 4.98 Å². The molecule has 32 heavy (non-hydrogen) atoms. The zero-order valence-electron chi connectivity index (χ0n) is 17.6. The quantitative estimate of drug-likeness (QED) is 0.471. The molecule has 4 aromatic rings. The second kappa shape index (κ2) is 10.5. The van der Waals surface area contributed by atoms with Gasteiger partial charge in [-0.1, -0.05) is 18.2 Å². The molecule has 4 heterocycles. The molecule has 0 bridgehead atoms. The molecule has 164 valence electrons. The second-order valence-corrected chi connectivity index (χ2v) is 7.59. The molecular formula is C24H25N5O3. The molecule has 0 radical (unpaired) electrons. The maximum absolute atomic E-state index is 8.36. The molecule has 1 saturated heterocycles. The Bertz CT molecular complexity index is 1110. The number of hydrogen-bond acceptors (Lipinski definition) is 5. The van der Waals surface area contributed by atoms with Crippen LogP contribution in [0.4, 0.5) is 0 Å². The number of benzene rings is 1. The molecule has 8 nitrogen and oxygen atoms in total. The van der Waals surface area contributed by atoms with Gasteiger partial charge in [0.2, 0.25) is 0 Å². The van der Waals surface area contributed by atoms with Crippen LogP contribution < -0.4 is 0 Å². The first-order valence-corrected chi connectivity index (χ1v) is 10.4. The summed E-state index contributed by atoms with van der Waals surface area (Å²) in [5.41, 5.74) is 3.62. The molecule has 8 heteroatoms. The fourth-order valence-corrected chi connectivity index (χ4v) is 4.11. The second-order valence-electron chi connectivity index (χ2n) is 7.59. The van der Waals surface area contributed by atoms with E-state index < -0.39 is 0 Å². The molecule has 1 aliphatic heterocycles. The van der Waals surface area contributed by atoms with Crippen molar-refractivity contribution in [3.05, 3.63) is 90.8 Å². The number of hydrogen-bond donors (Lipinski definition) is 1. The van der Waals surface area contributed by atoms with Crippen molar-refractivity contribution in [2.45, 2.75) is 19.0 Å². The Morgan fingerprint density at radius 3 is 2.66 bits per heavy atom. The molecule has 2 atom stereocenters. The number of nitrogens with zero attached hydrogens (tertiary/aromatic N) is 5. The van der Waals surface area contributed by atoms with Crippen molar-refractivity contribution >= 4 is 6.47 Å². The van der Waals surface area contributed by atoms with Gasteiger partial charge < -0.3 is 14.4 Å². The van der Waals surface area contributed by atoms with E-state index in [1.54, 1.807) is 6.20 Å². The van der Waals surface area contributed by atoms with E-state index in [0.717, 1.165) is 31.0 Å². The van der Waals surface area contributed by atoms with Gasteiger partial charge in [-0.3, -0.25) is 14.5 Å². The highest BCUT2D eigenvalue weighted by molar-refractivity contribution is 5.57. The predicted molar refractivity (Wildman–Crippen MR) is 119 cm³/mol. The summed E-state index contributed by atoms with van der Waals surface area (Å²) in [6, 6.07) is 14.9. The minimum absolute atomic E-state index is 0.250. The van der Waals surface area contributed by atoms with Crippen molar-refractivity contribution in [2.24, 2.45) is 5.92 Å². The van der Waals surface area contributed by atoms with E-state index >= 15 is 0 Å². The van der Waals surface area contributed by atoms with Gasteiger partial charge in [-0.15, -0.1) is 0 Å². The van der Waals surface area contributed by atoms with Gasteiger partial charge >= 0.3 is 0 Å². The lowest BCUT2D eigenvalue weighted by atomic mass is 9.95. The third-order valence-electron chi connectivity index (χ3n) is 5.53. The van der Waals surface area contributed by atoms with E-state index in [2.05, 4.69) is 62.2 Å². The molecule has 1 aromatic carbocycles. The van der Waals surface area contributed by atoms with Crippen molar-refractivity contribution in [1.29, 1.82) is 0 Å². The van der Waals surface area contributed by atoms with Crippen LogP contribution in [0.3, 0.4) is 0 Å². The van der Waals surface area contributed by atoms with Crippen molar-refractivity contribution in [3.8, 4) is 11.4 Å². The van der Waals surface area contributed by atoms with Gasteiger partial charge in [-0.2, -0.15) is 5.10 Å². The van der Waals surface area contributed by atoms with Crippen LogP contribution in [0.5, 0.6) is 0 Å². The van der Waals surface area contributed by atoms with Crippen LogP contribution in [-0.2, 0) is 22.5 Å². The molecule has 0 aliphatic carbocycles. The van der Waals surface area contributed by atoms with Crippen LogP contribution >= 0.6 is 0 Å². The number of carbonyl (C=O) groups is 1. The minimum Gasteiger partial charge on any atom is -0.483 e. The number of imidazole rings is 1. The Hall–Kier alpha value is -3.78. The predicted octanol–water partition coefficient (Wildman–Crippen LogP) is 3.32. The van der Waals surface area contributed by atoms with Crippen molar-refractivity contribution in [2.75, 3.05) is 13.2 Å². The summed E-state index contributed by atoms with van der Waals surface area (Å²) >= 11 is 0. The summed E-state index contributed by atoms with van der Waals surface area (Å²) in [7, 11) is 0. The standard InChI is InChI=1S/C23H23N5O.CH2O2/c1-3-19(15-27-11-2-7-26-27)14-20(4-1)23-25-10-12-28(23)22-17-29-16-21(22)13-18-5-8-24-9-6-18;2-1-3/h1-12,14,21-22H,13,15-17H2;1H,(H,2,3)/t21-,22+;/m0./s1. The summed E-state index contributed by atoms with van der Waals surface area (Å²) in [4.78, 5) is 17.2. The van der Waals surface area contributed by atoms with E-state index in [1.165, 1.54) is 11.1 Å². The monoisotopic (exact) mass is 431 g/mol. The Morgan fingerprint density at radius 2 is 1.88 bits per heavy atom. The minimum atomic E-state index is -0.250. The lowest BCUT2D eigenvalue weighted by Crippen LogP contribution is -2.20. The number of ether oxygens (including phenoxy) is 1. The zero-order chi connectivity index (χ0) is 22.2. The summed E-state index contributed by atoms with van der Waals surface area (Å²) in [5, 5.41) is 11.2. The summed E-state index contributed by atoms with van der Waals surface area (Å²) in [6.45, 7) is 1.98. The summed E-state index contributed by atoms with van der Waals surface area (Å²) in [6.07, 6.45) is 12.4. The smallest absolute Gasteiger partial charge is 0.290 e. The highest BCUT2D eigenvalue weighted by Crippen LogP contribution is 2.32. The van der Waals surface area contributed by atoms with Gasteiger partial charge in [0.1, 0.15) is 5.82 Å². The van der Waals surface area contributed by atoms with E-state index in [-0.39, 0.29) is 12.5 Å². The summed E-state index contributed by atoms with van der Waals surface area (Å²) < 4.78 is 10.1.